The van der Waals surface area contributed by atoms with Crippen LogP contribution in [0.15, 0.2) is 54.2 Å². The van der Waals surface area contributed by atoms with Crippen LogP contribution in [0.5, 0.6) is 5.75 Å². The van der Waals surface area contributed by atoms with Gasteiger partial charge in [0.15, 0.2) is 0 Å². The Bertz CT molecular complexity index is 984. The molecule has 2 aliphatic heterocycles. The summed E-state index contributed by atoms with van der Waals surface area (Å²) in [6, 6.07) is 14.1. The van der Waals surface area contributed by atoms with Crippen molar-refractivity contribution in [1.82, 2.24) is 4.90 Å². The molecule has 0 aliphatic carbocycles. The van der Waals surface area contributed by atoms with Crippen molar-refractivity contribution in [3.05, 3.63) is 64.8 Å². The van der Waals surface area contributed by atoms with E-state index in [9.17, 15) is 9.59 Å². The Balaban J connectivity index is 1.86. The number of carbonyl (C=O) groups excluding carboxylic acids is 2. The third kappa shape index (κ3) is 3.51. The molecular formula is C23H23ClN2O3. The minimum absolute atomic E-state index is 0.299. The van der Waals surface area contributed by atoms with Gasteiger partial charge in [-0.3, -0.25) is 9.59 Å². The molecule has 1 fully saturated rings. The number of hydrogen-bond donors (Lipinski definition) is 0. The fraction of sp³-hybridized carbons (Fsp3) is 0.304. The van der Waals surface area contributed by atoms with Gasteiger partial charge in [0.25, 0.3) is 11.8 Å². The Kier molecular flexibility index (Phi) is 5.33. The largest absolute Gasteiger partial charge is 0.496 e. The second kappa shape index (κ2) is 7.91. The first-order chi connectivity index (χ1) is 14.0. The lowest BCUT2D eigenvalue weighted by atomic mass is 9.97. The van der Waals surface area contributed by atoms with Gasteiger partial charge in [-0.25, -0.2) is 4.90 Å². The molecule has 0 bridgehead atoms. The van der Waals surface area contributed by atoms with E-state index in [0.29, 0.717) is 39.2 Å². The molecule has 2 amide bonds. The first-order valence-corrected chi connectivity index (χ1v) is 10.2. The third-order valence-corrected chi connectivity index (χ3v) is 5.75. The molecule has 0 spiro atoms. The van der Waals surface area contributed by atoms with Crippen LogP contribution in [0.2, 0.25) is 5.02 Å². The van der Waals surface area contributed by atoms with E-state index >= 15 is 0 Å². The Morgan fingerprint density at radius 3 is 2.45 bits per heavy atom. The Morgan fingerprint density at radius 2 is 1.76 bits per heavy atom. The summed E-state index contributed by atoms with van der Waals surface area (Å²) in [5.74, 6) is 0.397. The number of methoxy groups -OCH3 is 1. The Morgan fingerprint density at radius 1 is 1.03 bits per heavy atom. The molecule has 0 radical (unpaired) electrons. The quantitative estimate of drug-likeness (QED) is 0.702. The first kappa shape index (κ1) is 19.5. The van der Waals surface area contributed by atoms with Gasteiger partial charge in [-0.2, -0.15) is 0 Å². The van der Waals surface area contributed by atoms with Crippen molar-refractivity contribution in [3.63, 3.8) is 0 Å². The fourth-order valence-electron chi connectivity index (χ4n) is 4.12. The number of carbonyl (C=O) groups is 2. The lowest BCUT2D eigenvalue weighted by Gasteiger charge is -2.33. The Hall–Kier alpha value is -2.79. The summed E-state index contributed by atoms with van der Waals surface area (Å²) in [6.07, 6.45) is 2.11. The van der Waals surface area contributed by atoms with E-state index in [1.54, 1.807) is 31.4 Å². The summed E-state index contributed by atoms with van der Waals surface area (Å²) in [7, 11) is 1.57. The summed E-state index contributed by atoms with van der Waals surface area (Å²) < 4.78 is 5.50. The average molecular weight is 411 g/mol. The van der Waals surface area contributed by atoms with Crippen LogP contribution in [0.3, 0.4) is 0 Å². The number of halogens is 1. The van der Waals surface area contributed by atoms with Gasteiger partial charge in [-0.15, -0.1) is 0 Å². The summed E-state index contributed by atoms with van der Waals surface area (Å²) in [5.41, 5.74) is 2.01. The number of benzene rings is 2. The van der Waals surface area contributed by atoms with Gasteiger partial charge < -0.3 is 9.64 Å². The number of rotatable bonds is 4. The van der Waals surface area contributed by atoms with Crippen LogP contribution in [-0.4, -0.2) is 36.9 Å². The number of hydrogen-bond acceptors (Lipinski definition) is 4. The topological polar surface area (TPSA) is 49.9 Å². The molecule has 2 aromatic rings. The molecule has 2 aliphatic rings. The maximum atomic E-state index is 13.5. The molecule has 150 valence electrons. The number of amides is 2. The zero-order chi connectivity index (χ0) is 20.5. The van der Waals surface area contributed by atoms with E-state index in [4.69, 9.17) is 16.3 Å². The molecule has 0 N–H and O–H groups in total. The number of para-hydroxylation sites is 1. The number of likely N-dealkylation sites (tertiary alicyclic amines) is 1. The van der Waals surface area contributed by atoms with Crippen LogP contribution in [-0.2, 0) is 9.59 Å². The van der Waals surface area contributed by atoms with Crippen molar-refractivity contribution >= 4 is 34.7 Å². The summed E-state index contributed by atoms with van der Waals surface area (Å²) in [6.45, 7) is 3.68. The van der Waals surface area contributed by atoms with Gasteiger partial charge >= 0.3 is 0 Å². The van der Waals surface area contributed by atoms with Crippen molar-refractivity contribution in [2.45, 2.75) is 19.8 Å². The van der Waals surface area contributed by atoms with Crippen molar-refractivity contribution < 1.29 is 14.3 Å². The van der Waals surface area contributed by atoms with Crippen molar-refractivity contribution in [2.24, 2.45) is 5.92 Å². The second-order valence-electron chi connectivity index (χ2n) is 7.54. The maximum absolute atomic E-state index is 13.5. The second-order valence-corrected chi connectivity index (χ2v) is 7.98. The van der Waals surface area contributed by atoms with Crippen LogP contribution >= 0.6 is 11.6 Å². The molecule has 0 aromatic heterocycles. The molecule has 0 saturated carbocycles. The van der Waals surface area contributed by atoms with E-state index in [0.717, 1.165) is 25.9 Å². The number of imide groups is 1. The smallest absolute Gasteiger partial charge is 0.282 e. The molecule has 29 heavy (non-hydrogen) atoms. The van der Waals surface area contributed by atoms with Gasteiger partial charge in [0.1, 0.15) is 11.4 Å². The zero-order valence-electron chi connectivity index (χ0n) is 16.5. The van der Waals surface area contributed by atoms with E-state index in [-0.39, 0.29) is 11.8 Å². The van der Waals surface area contributed by atoms with Gasteiger partial charge in [-0.05, 0) is 49.1 Å². The molecule has 2 aromatic carbocycles. The van der Waals surface area contributed by atoms with Crippen LogP contribution < -0.4 is 9.64 Å². The van der Waals surface area contributed by atoms with E-state index < -0.39 is 0 Å². The van der Waals surface area contributed by atoms with Crippen molar-refractivity contribution in [3.8, 4) is 5.75 Å². The van der Waals surface area contributed by atoms with Crippen molar-refractivity contribution in [1.29, 1.82) is 0 Å². The highest BCUT2D eigenvalue weighted by atomic mass is 35.5. The van der Waals surface area contributed by atoms with Gasteiger partial charge in [0.05, 0.1) is 18.4 Å². The molecular weight excluding hydrogens is 388 g/mol. The van der Waals surface area contributed by atoms with Crippen molar-refractivity contribution in [2.75, 3.05) is 25.1 Å². The molecule has 1 saturated heterocycles. The number of ether oxygens (including phenoxy) is 1. The minimum Gasteiger partial charge on any atom is -0.496 e. The minimum atomic E-state index is -0.338. The highest BCUT2D eigenvalue weighted by molar-refractivity contribution is 6.45. The molecule has 2 heterocycles. The maximum Gasteiger partial charge on any atom is 0.282 e. The molecule has 4 rings (SSSR count). The molecule has 5 nitrogen and oxygen atoms in total. The first-order valence-electron chi connectivity index (χ1n) is 9.78. The van der Waals surface area contributed by atoms with Crippen LogP contribution in [0.1, 0.15) is 25.3 Å². The van der Waals surface area contributed by atoms with Gasteiger partial charge in [0.2, 0.25) is 0 Å². The SMILES string of the molecule is COc1ccccc1C1=C(N2CCCC(C)C2)C(=O)N(c2ccc(Cl)cc2)C1=O. The lowest BCUT2D eigenvalue weighted by molar-refractivity contribution is -0.120. The highest BCUT2D eigenvalue weighted by Crippen LogP contribution is 2.39. The summed E-state index contributed by atoms with van der Waals surface area (Å²) in [4.78, 5) is 30.4. The van der Waals surface area contributed by atoms with E-state index in [1.165, 1.54) is 4.90 Å². The van der Waals surface area contributed by atoms with Crippen LogP contribution in [0, 0.1) is 5.92 Å². The standard InChI is InChI=1S/C23H23ClN2O3/c1-15-6-5-13-25(14-15)21-20(18-7-3-4-8-19(18)29-2)22(27)26(23(21)28)17-11-9-16(24)10-12-17/h3-4,7-12,15H,5-6,13-14H2,1-2H3. The Labute approximate surface area is 175 Å². The summed E-state index contributed by atoms with van der Waals surface area (Å²) >= 11 is 6.00. The fourth-order valence-corrected chi connectivity index (χ4v) is 4.25. The average Bonchev–Trinajstić information content (AvgIpc) is 2.99. The normalized spacial score (nSPS) is 19.9. The number of piperidine rings is 1. The highest BCUT2D eigenvalue weighted by Gasteiger charge is 2.43. The lowest BCUT2D eigenvalue weighted by Crippen LogP contribution is -2.39. The molecule has 1 atom stereocenters. The zero-order valence-corrected chi connectivity index (χ0v) is 17.3. The predicted octanol–water partition coefficient (Wildman–Crippen LogP) is 4.37. The van der Waals surface area contributed by atoms with E-state index in [1.807, 2.05) is 24.3 Å². The monoisotopic (exact) mass is 410 g/mol. The number of anilines is 1. The number of nitrogens with zero attached hydrogens (tertiary/aromatic N) is 2. The van der Waals surface area contributed by atoms with Crippen LogP contribution in [0.25, 0.3) is 5.57 Å². The van der Waals surface area contributed by atoms with Crippen LogP contribution in [0.4, 0.5) is 5.69 Å². The summed E-state index contributed by atoms with van der Waals surface area (Å²) in [5, 5.41) is 0.552. The van der Waals surface area contributed by atoms with Gasteiger partial charge in [-0.1, -0.05) is 36.7 Å². The molecule has 6 heteroatoms. The third-order valence-electron chi connectivity index (χ3n) is 5.49. The molecule has 1 unspecified atom stereocenters. The van der Waals surface area contributed by atoms with E-state index in [2.05, 4.69) is 11.8 Å². The van der Waals surface area contributed by atoms with Gasteiger partial charge in [0, 0.05) is 23.7 Å². The predicted molar refractivity (Wildman–Crippen MR) is 114 cm³/mol.